The summed E-state index contributed by atoms with van der Waals surface area (Å²) in [4.78, 5) is 0. The average molecular weight is 138 g/mol. The summed E-state index contributed by atoms with van der Waals surface area (Å²) in [6, 6.07) is 0. The molecule has 0 amide bonds. The van der Waals surface area contributed by atoms with E-state index < -0.39 is 0 Å². The third-order valence-electron chi connectivity index (χ3n) is 1.44. The predicted molar refractivity (Wildman–Crippen MR) is 39.6 cm³/mol. The highest BCUT2D eigenvalue weighted by atomic mass is 16.5. The molecule has 0 aliphatic heterocycles. The Morgan fingerprint density at radius 2 is 2.30 bits per heavy atom. The van der Waals surface area contributed by atoms with Gasteiger partial charge in [0, 0.05) is 6.42 Å². The molecule has 0 saturated carbocycles. The van der Waals surface area contributed by atoms with E-state index in [1.165, 1.54) is 0 Å². The molecule has 0 fully saturated rings. The Hall–Kier alpha value is -1.18. The molecule has 1 rings (SSSR count). The van der Waals surface area contributed by atoms with Crippen molar-refractivity contribution in [3.63, 3.8) is 0 Å². The summed E-state index contributed by atoms with van der Waals surface area (Å²) in [6.07, 6.45) is 3.94. The molecule has 0 atom stereocenters. The summed E-state index contributed by atoms with van der Waals surface area (Å²) < 4.78 is 4.95. The van der Waals surface area contributed by atoms with Crippen LogP contribution in [0, 0.1) is 0 Å². The van der Waals surface area contributed by atoms with Crippen molar-refractivity contribution in [2.75, 3.05) is 7.11 Å². The van der Waals surface area contributed by atoms with Gasteiger partial charge in [-0.2, -0.15) is 0 Å². The van der Waals surface area contributed by atoms with Crippen LogP contribution in [0.4, 0.5) is 0 Å². The van der Waals surface area contributed by atoms with E-state index in [1.807, 2.05) is 0 Å². The standard InChI is InChI=1S/C8H10O2/c1-6-5-7(10-2)3-4-8(6)9/h3-4,9H,1,5H2,2H3. The zero-order valence-corrected chi connectivity index (χ0v) is 5.92. The van der Waals surface area contributed by atoms with Gasteiger partial charge < -0.3 is 9.84 Å². The van der Waals surface area contributed by atoms with Crippen LogP contribution in [0.3, 0.4) is 0 Å². The van der Waals surface area contributed by atoms with Gasteiger partial charge in [-0.3, -0.25) is 0 Å². The molecular weight excluding hydrogens is 128 g/mol. The Morgan fingerprint density at radius 1 is 1.60 bits per heavy atom. The van der Waals surface area contributed by atoms with Crippen molar-refractivity contribution in [1.82, 2.24) is 0 Å². The topological polar surface area (TPSA) is 29.5 Å². The van der Waals surface area contributed by atoms with Gasteiger partial charge in [-0.15, -0.1) is 0 Å². The number of hydrogen-bond acceptors (Lipinski definition) is 2. The van der Waals surface area contributed by atoms with E-state index in [2.05, 4.69) is 6.58 Å². The molecule has 10 heavy (non-hydrogen) atoms. The zero-order chi connectivity index (χ0) is 7.56. The van der Waals surface area contributed by atoms with E-state index in [-0.39, 0.29) is 5.76 Å². The summed E-state index contributed by atoms with van der Waals surface area (Å²) in [5, 5.41) is 9.05. The average Bonchev–Trinajstić information content (AvgIpc) is 1.95. The molecule has 0 heterocycles. The highest BCUT2D eigenvalue weighted by molar-refractivity contribution is 5.34. The minimum atomic E-state index is 0.251. The van der Waals surface area contributed by atoms with Crippen LogP contribution in [0.2, 0.25) is 0 Å². The van der Waals surface area contributed by atoms with Crippen LogP contribution >= 0.6 is 0 Å². The van der Waals surface area contributed by atoms with Crippen molar-refractivity contribution in [2.24, 2.45) is 0 Å². The smallest absolute Gasteiger partial charge is 0.118 e. The van der Waals surface area contributed by atoms with Gasteiger partial charge >= 0.3 is 0 Å². The molecule has 0 aromatic rings. The van der Waals surface area contributed by atoms with Crippen molar-refractivity contribution in [1.29, 1.82) is 0 Å². The summed E-state index contributed by atoms with van der Waals surface area (Å²) in [6.45, 7) is 3.65. The second-order valence-corrected chi connectivity index (χ2v) is 2.17. The van der Waals surface area contributed by atoms with E-state index in [9.17, 15) is 0 Å². The summed E-state index contributed by atoms with van der Waals surface area (Å²) in [5.74, 6) is 1.09. The predicted octanol–water partition coefficient (Wildman–Crippen LogP) is 1.92. The van der Waals surface area contributed by atoms with E-state index in [4.69, 9.17) is 9.84 Å². The first-order valence-electron chi connectivity index (χ1n) is 3.06. The molecule has 0 bridgehead atoms. The van der Waals surface area contributed by atoms with E-state index in [0.717, 1.165) is 5.76 Å². The number of rotatable bonds is 1. The summed E-state index contributed by atoms with van der Waals surface area (Å²) in [5.41, 5.74) is 0.708. The minimum Gasteiger partial charge on any atom is -0.508 e. The second-order valence-electron chi connectivity index (χ2n) is 2.17. The van der Waals surface area contributed by atoms with Gasteiger partial charge in [-0.25, -0.2) is 0 Å². The van der Waals surface area contributed by atoms with Crippen molar-refractivity contribution in [3.05, 3.63) is 35.8 Å². The molecular formula is C8H10O2. The summed E-state index contributed by atoms with van der Waals surface area (Å²) in [7, 11) is 1.61. The number of ether oxygens (including phenoxy) is 1. The fourth-order valence-electron chi connectivity index (χ4n) is 0.790. The van der Waals surface area contributed by atoms with Crippen LogP contribution in [0.5, 0.6) is 0 Å². The van der Waals surface area contributed by atoms with Gasteiger partial charge in [-0.1, -0.05) is 6.58 Å². The fraction of sp³-hybridized carbons (Fsp3) is 0.250. The lowest BCUT2D eigenvalue weighted by Crippen LogP contribution is -1.97. The molecule has 1 aliphatic rings. The third-order valence-corrected chi connectivity index (χ3v) is 1.44. The van der Waals surface area contributed by atoms with Gasteiger partial charge in [0.15, 0.2) is 0 Å². The van der Waals surface area contributed by atoms with Crippen molar-refractivity contribution < 1.29 is 9.84 Å². The van der Waals surface area contributed by atoms with Crippen LogP contribution in [0.25, 0.3) is 0 Å². The lowest BCUT2D eigenvalue weighted by Gasteiger charge is -2.11. The second kappa shape index (κ2) is 2.60. The number of aliphatic hydroxyl groups excluding tert-OH is 1. The van der Waals surface area contributed by atoms with Crippen LogP contribution < -0.4 is 0 Å². The largest absolute Gasteiger partial charge is 0.508 e. The Bertz CT molecular complexity index is 211. The number of hydrogen-bond donors (Lipinski definition) is 1. The lowest BCUT2D eigenvalue weighted by atomic mass is 10.1. The molecule has 1 aliphatic carbocycles. The van der Waals surface area contributed by atoms with Gasteiger partial charge in [0.1, 0.15) is 11.5 Å². The Kier molecular flexibility index (Phi) is 1.81. The number of methoxy groups -OCH3 is 1. The molecule has 0 unspecified atom stereocenters. The quantitative estimate of drug-likeness (QED) is 0.599. The highest BCUT2D eigenvalue weighted by Crippen LogP contribution is 2.20. The van der Waals surface area contributed by atoms with Crippen molar-refractivity contribution >= 4 is 0 Å². The van der Waals surface area contributed by atoms with Crippen LogP contribution in [-0.4, -0.2) is 12.2 Å². The fourth-order valence-corrected chi connectivity index (χ4v) is 0.790. The molecule has 0 saturated heterocycles. The maximum absolute atomic E-state index is 9.05. The maximum Gasteiger partial charge on any atom is 0.118 e. The molecule has 54 valence electrons. The van der Waals surface area contributed by atoms with Gasteiger partial charge in [-0.05, 0) is 17.7 Å². The Labute approximate surface area is 60.1 Å². The summed E-state index contributed by atoms with van der Waals surface area (Å²) >= 11 is 0. The first-order valence-corrected chi connectivity index (χ1v) is 3.06. The van der Waals surface area contributed by atoms with Gasteiger partial charge in [0.2, 0.25) is 0 Å². The minimum absolute atomic E-state index is 0.251. The molecule has 0 radical (unpaired) electrons. The monoisotopic (exact) mass is 138 g/mol. The number of aliphatic hydroxyl groups is 1. The van der Waals surface area contributed by atoms with E-state index in [0.29, 0.717) is 12.0 Å². The molecule has 1 N–H and O–H groups in total. The third kappa shape index (κ3) is 1.21. The van der Waals surface area contributed by atoms with Gasteiger partial charge in [0.05, 0.1) is 7.11 Å². The first-order chi connectivity index (χ1) is 4.74. The molecule has 2 heteroatoms. The Morgan fingerprint density at radius 3 is 2.80 bits per heavy atom. The molecule has 0 aromatic heterocycles. The zero-order valence-electron chi connectivity index (χ0n) is 5.92. The number of allylic oxidation sites excluding steroid dienone is 4. The highest BCUT2D eigenvalue weighted by Gasteiger charge is 2.08. The van der Waals surface area contributed by atoms with Crippen LogP contribution in [0.15, 0.2) is 35.8 Å². The van der Waals surface area contributed by atoms with Gasteiger partial charge in [0.25, 0.3) is 0 Å². The van der Waals surface area contributed by atoms with E-state index >= 15 is 0 Å². The molecule has 0 spiro atoms. The Balaban J connectivity index is 2.78. The van der Waals surface area contributed by atoms with Crippen LogP contribution in [-0.2, 0) is 4.74 Å². The van der Waals surface area contributed by atoms with Crippen molar-refractivity contribution in [3.8, 4) is 0 Å². The van der Waals surface area contributed by atoms with Crippen molar-refractivity contribution in [2.45, 2.75) is 6.42 Å². The SMILES string of the molecule is C=C1CC(OC)=CC=C1O. The molecule has 0 aromatic carbocycles. The maximum atomic E-state index is 9.05. The normalized spacial score (nSPS) is 17.9. The van der Waals surface area contributed by atoms with E-state index in [1.54, 1.807) is 19.3 Å². The first kappa shape index (κ1) is 6.93. The van der Waals surface area contributed by atoms with Crippen LogP contribution in [0.1, 0.15) is 6.42 Å². The lowest BCUT2D eigenvalue weighted by molar-refractivity contribution is 0.278. The molecule has 2 nitrogen and oxygen atoms in total.